The molecule has 4 rings (SSSR count). The first-order chi connectivity index (χ1) is 18.0. The van der Waals surface area contributed by atoms with Crippen molar-refractivity contribution in [3.05, 3.63) is 76.3 Å². The van der Waals surface area contributed by atoms with Gasteiger partial charge in [-0.15, -0.1) is 0 Å². The minimum atomic E-state index is -3.63. The van der Waals surface area contributed by atoms with Crippen LogP contribution in [0.2, 0.25) is 0 Å². The van der Waals surface area contributed by atoms with Crippen molar-refractivity contribution < 1.29 is 23.1 Å². The van der Waals surface area contributed by atoms with Gasteiger partial charge >= 0.3 is 5.92 Å². The van der Waals surface area contributed by atoms with Gasteiger partial charge in [0, 0.05) is 68.1 Å². The molecular formula is C26H26F2N6O4. The number of halogens is 2. The molecule has 3 N–H and O–H groups in total. The van der Waals surface area contributed by atoms with E-state index in [0.717, 1.165) is 6.21 Å². The number of carbonyl (C=O) groups is 2. The van der Waals surface area contributed by atoms with Crippen LogP contribution in [0.1, 0.15) is 30.5 Å². The summed E-state index contributed by atoms with van der Waals surface area (Å²) in [5, 5.41) is 13.4. The number of hydrogen-bond acceptors (Lipinski definition) is 7. The van der Waals surface area contributed by atoms with Gasteiger partial charge in [0.25, 0.3) is 5.91 Å². The highest BCUT2D eigenvalue weighted by atomic mass is 19.3. The van der Waals surface area contributed by atoms with Gasteiger partial charge in [-0.1, -0.05) is 0 Å². The molecule has 0 unspecified atom stereocenters. The summed E-state index contributed by atoms with van der Waals surface area (Å²) in [6, 6.07) is 9.35. The lowest BCUT2D eigenvalue weighted by Gasteiger charge is -2.30. The fourth-order valence-electron chi connectivity index (χ4n) is 4.32. The smallest absolute Gasteiger partial charge is 0.321 e. The lowest BCUT2D eigenvalue weighted by Crippen LogP contribution is -2.46. The van der Waals surface area contributed by atoms with Gasteiger partial charge in [0.1, 0.15) is 0 Å². The first-order valence-corrected chi connectivity index (χ1v) is 11.6. The number of amides is 2. The number of rotatable bonds is 8. The molecule has 1 fully saturated rings. The number of aromatic nitrogens is 2. The number of anilines is 3. The maximum Gasteiger partial charge on any atom is 0.321 e. The molecule has 2 atom stereocenters. The van der Waals surface area contributed by atoms with Crippen LogP contribution >= 0.6 is 0 Å². The number of benzene rings is 1. The monoisotopic (exact) mass is 524 g/mol. The van der Waals surface area contributed by atoms with Crippen molar-refractivity contribution in [3.8, 4) is 5.88 Å². The Labute approximate surface area is 216 Å². The second-order valence-electron chi connectivity index (χ2n) is 8.92. The zero-order chi connectivity index (χ0) is 27.6. The van der Waals surface area contributed by atoms with Gasteiger partial charge in [-0.25, -0.2) is 4.98 Å². The Morgan fingerprint density at radius 1 is 1.21 bits per heavy atom. The van der Waals surface area contributed by atoms with Crippen molar-refractivity contribution in [2.24, 2.45) is 7.05 Å². The van der Waals surface area contributed by atoms with E-state index in [9.17, 15) is 23.2 Å². The van der Waals surface area contributed by atoms with Crippen LogP contribution < -0.4 is 25.8 Å². The Morgan fingerprint density at radius 3 is 2.63 bits per heavy atom. The van der Waals surface area contributed by atoms with E-state index in [1.54, 1.807) is 49.6 Å². The molecule has 2 amide bonds. The minimum absolute atomic E-state index is 0.174. The van der Waals surface area contributed by atoms with Gasteiger partial charge in [-0.3, -0.25) is 14.4 Å². The van der Waals surface area contributed by atoms with Crippen molar-refractivity contribution in [2.75, 3.05) is 17.3 Å². The van der Waals surface area contributed by atoms with Gasteiger partial charge in [-0.05, 0) is 35.9 Å². The van der Waals surface area contributed by atoms with Crippen LogP contribution in [0.25, 0.3) is 0 Å². The molecule has 38 heavy (non-hydrogen) atoms. The fraction of sp³-hybridized carbons (Fsp3) is 0.269. The molecule has 0 bridgehead atoms. The number of nitrogens with one attached hydrogen (secondary N) is 3. The average Bonchev–Trinajstić information content (AvgIpc) is 3.21. The molecule has 3 heterocycles. The SMILES string of the molecule is COc1cc([C@@H]2[C@@H](NC(=O)C(C)(F)F)CC(=O)N2c2ccc(Nc3ccc(=O)n(C)c3)c(C=N)c2)ccn1. The van der Waals surface area contributed by atoms with Crippen molar-refractivity contribution in [3.63, 3.8) is 0 Å². The van der Waals surface area contributed by atoms with Crippen LogP contribution in [0.5, 0.6) is 5.88 Å². The summed E-state index contributed by atoms with van der Waals surface area (Å²) in [5.74, 6) is -5.26. The summed E-state index contributed by atoms with van der Waals surface area (Å²) in [6.45, 7) is 0.494. The highest BCUT2D eigenvalue weighted by molar-refractivity contribution is 6.00. The molecule has 0 saturated carbocycles. The predicted molar refractivity (Wildman–Crippen MR) is 137 cm³/mol. The number of hydrogen-bond donors (Lipinski definition) is 3. The third-order valence-corrected chi connectivity index (χ3v) is 6.18. The Kier molecular flexibility index (Phi) is 7.24. The third kappa shape index (κ3) is 5.38. The van der Waals surface area contributed by atoms with Crippen molar-refractivity contribution in [2.45, 2.75) is 31.4 Å². The van der Waals surface area contributed by atoms with Crippen LogP contribution in [0, 0.1) is 5.41 Å². The Hall–Kier alpha value is -4.61. The zero-order valence-electron chi connectivity index (χ0n) is 20.9. The van der Waals surface area contributed by atoms with E-state index in [4.69, 9.17) is 10.1 Å². The quantitative estimate of drug-likeness (QED) is 0.388. The van der Waals surface area contributed by atoms with E-state index >= 15 is 0 Å². The van der Waals surface area contributed by atoms with Gasteiger partial charge in [0.05, 0.1) is 24.9 Å². The second kappa shape index (κ2) is 10.4. The van der Waals surface area contributed by atoms with Crippen molar-refractivity contribution >= 4 is 35.1 Å². The van der Waals surface area contributed by atoms with Crippen LogP contribution in [-0.4, -0.2) is 46.7 Å². The molecule has 0 radical (unpaired) electrons. The van der Waals surface area contributed by atoms with Gasteiger partial charge in [-0.2, -0.15) is 8.78 Å². The first-order valence-electron chi connectivity index (χ1n) is 11.6. The molecule has 1 aliphatic heterocycles. The molecule has 10 nitrogen and oxygen atoms in total. The molecule has 198 valence electrons. The van der Waals surface area contributed by atoms with Crippen molar-refractivity contribution in [1.29, 1.82) is 5.41 Å². The highest BCUT2D eigenvalue weighted by Crippen LogP contribution is 2.39. The first kappa shape index (κ1) is 26.5. The highest BCUT2D eigenvalue weighted by Gasteiger charge is 2.45. The molecule has 1 saturated heterocycles. The van der Waals surface area contributed by atoms with E-state index in [2.05, 4.69) is 15.6 Å². The maximum atomic E-state index is 13.7. The third-order valence-electron chi connectivity index (χ3n) is 6.18. The Morgan fingerprint density at radius 2 is 1.97 bits per heavy atom. The second-order valence-corrected chi connectivity index (χ2v) is 8.92. The zero-order valence-corrected chi connectivity index (χ0v) is 20.9. The molecule has 1 aliphatic rings. The van der Waals surface area contributed by atoms with E-state index in [0.29, 0.717) is 35.1 Å². The standard InChI is InChI=1S/C26H26F2N6O4/c1-26(27,28)25(37)32-20-12-23(36)34(24(20)15-8-9-30-21(11-15)38-3)18-5-6-19(16(10-18)13-29)31-17-4-7-22(35)33(2)14-17/h4-11,13-14,20,24,29,31H,12H2,1-3H3,(H,32,37)/t20-,24+/m0/s1. The number of ether oxygens (including phenoxy) is 1. The molecule has 3 aromatic rings. The molecule has 0 aliphatic carbocycles. The summed E-state index contributed by atoms with van der Waals surface area (Å²) in [7, 11) is 3.04. The summed E-state index contributed by atoms with van der Waals surface area (Å²) >= 11 is 0. The lowest BCUT2D eigenvalue weighted by molar-refractivity contribution is -0.143. The van der Waals surface area contributed by atoms with Crippen LogP contribution in [0.3, 0.4) is 0 Å². The van der Waals surface area contributed by atoms with Crippen molar-refractivity contribution in [1.82, 2.24) is 14.9 Å². The number of carbonyl (C=O) groups excluding carboxylic acids is 2. The number of aryl methyl sites for hydroxylation is 1. The molecule has 12 heteroatoms. The van der Waals surface area contributed by atoms with Gasteiger partial charge in [0.15, 0.2) is 0 Å². The molecular weight excluding hydrogens is 498 g/mol. The number of alkyl halides is 2. The fourth-order valence-corrected chi connectivity index (χ4v) is 4.32. The average molecular weight is 525 g/mol. The maximum absolute atomic E-state index is 13.7. The summed E-state index contributed by atoms with van der Waals surface area (Å²) < 4.78 is 34.0. The molecule has 0 spiro atoms. The Bertz CT molecular complexity index is 1450. The van der Waals surface area contributed by atoms with Crippen LogP contribution in [-0.2, 0) is 16.6 Å². The molecule has 1 aromatic carbocycles. The largest absolute Gasteiger partial charge is 0.481 e. The van der Waals surface area contributed by atoms with Crippen LogP contribution in [0.4, 0.5) is 25.8 Å². The van der Waals surface area contributed by atoms with E-state index in [1.807, 2.05) is 0 Å². The molecule has 2 aromatic heterocycles. The summed E-state index contributed by atoms with van der Waals surface area (Å²) in [4.78, 5) is 42.6. The lowest BCUT2D eigenvalue weighted by atomic mass is 10.00. The van der Waals surface area contributed by atoms with Gasteiger partial charge in [0.2, 0.25) is 17.3 Å². The van der Waals surface area contributed by atoms with E-state index in [-0.39, 0.29) is 17.9 Å². The predicted octanol–water partition coefficient (Wildman–Crippen LogP) is 3.15. The van der Waals surface area contributed by atoms with Gasteiger partial charge < -0.3 is 30.2 Å². The number of pyridine rings is 2. The number of nitrogens with zero attached hydrogens (tertiary/aromatic N) is 3. The number of methoxy groups -OCH3 is 1. The summed E-state index contributed by atoms with van der Waals surface area (Å²) in [6.07, 6.45) is 3.97. The van der Waals surface area contributed by atoms with Crippen LogP contribution in [0.15, 0.2) is 59.7 Å². The Balaban J connectivity index is 1.73. The minimum Gasteiger partial charge on any atom is -0.481 e. The normalized spacial score (nSPS) is 17.3. The van der Waals surface area contributed by atoms with E-state index < -0.39 is 29.8 Å². The topological polar surface area (TPSA) is 129 Å². The van der Waals surface area contributed by atoms with E-state index in [1.165, 1.54) is 28.8 Å². The summed E-state index contributed by atoms with van der Waals surface area (Å²) in [5.41, 5.74) is 2.35.